The predicted octanol–water partition coefficient (Wildman–Crippen LogP) is 3.81. The van der Waals surface area contributed by atoms with Gasteiger partial charge in [-0.05, 0) is 56.5 Å². The summed E-state index contributed by atoms with van der Waals surface area (Å²) >= 11 is 0. The molecule has 9 heteroatoms. The first kappa shape index (κ1) is 24.3. The van der Waals surface area contributed by atoms with Crippen LogP contribution in [-0.2, 0) is 26.6 Å². The number of fused-ring (bicyclic) bond motifs is 1. The van der Waals surface area contributed by atoms with Crippen molar-refractivity contribution in [2.24, 2.45) is 7.05 Å². The highest BCUT2D eigenvalue weighted by Crippen LogP contribution is 2.33. The molecule has 0 bridgehead atoms. The van der Waals surface area contributed by atoms with Crippen LogP contribution in [0.15, 0.2) is 42.9 Å². The number of hydrogen-bond donors (Lipinski definition) is 0. The van der Waals surface area contributed by atoms with Crippen molar-refractivity contribution in [1.29, 1.82) is 5.26 Å². The Bertz CT molecular complexity index is 1530. The molecule has 0 radical (unpaired) electrons. The maximum Gasteiger partial charge on any atom is 0.254 e. The molecule has 3 aromatic heterocycles. The fourth-order valence-corrected chi connectivity index (χ4v) is 4.93. The van der Waals surface area contributed by atoms with Gasteiger partial charge in [0.15, 0.2) is 0 Å². The van der Waals surface area contributed by atoms with Gasteiger partial charge in [0.2, 0.25) is 0 Å². The summed E-state index contributed by atoms with van der Waals surface area (Å²) in [5, 5.41) is 13.9. The van der Waals surface area contributed by atoms with E-state index in [1.165, 1.54) is 6.20 Å². The fourth-order valence-electron chi connectivity index (χ4n) is 4.93. The number of pyridine rings is 1. The maximum absolute atomic E-state index is 13.8. The average Bonchev–Trinajstić information content (AvgIpc) is 3.44. The zero-order chi connectivity index (χ0) is 26.1. The van der Waals surface area contributed by atoms with Gasteiger partial charge in [-0.2, -0.15) is 10.4 Å². The van der Waals surface area contributed by atoms with Crippen LogP contribution in [0.5, 0.6) is 5.75 Å². The van der Waals surface area contributed by atoms with Gasteiger partial charge in [-0.1, -0.05) is 0 Å². The van der Waals surface area contributed by atoms with E-state index in [1.807, 2.05) is 49.7 Å². The first-order chi connectivity index (χ1) is 17.9. The summed E-state index contributed by atoms with van der Waals surface area (Å²) in [6.45, 7) is 7.79. The van der Waals surface area contributed by atoms with Gasteiger partial charge in [-0.3, -0.25) is 14.5 Å². The second kappa shape index (κ2) is 9.90. The molecule has 0 saturated heterocycles. The van der Waals surface area contributed by atoms with Crippen LogP contribution < -0.4 is 4.74 Å². The van der Waals surface area contributed by atoms with Crippen molar-refractivity contribution in [1.82, 2.24) is 29.2 Å². The Morgan fingerprint density at radius 1 is 1.11 bits per heavy atom. The molecule has 0 fully saturated rings. The lowest BCUT2D eigenvalue weighted by molar-refractivity contribution is 0.0724. The van der Waals surface area contributed by atoms with Crippen LogP contribution in [-0.4, -0.2) is 48.3 Å². The van der Waals surface area contributed by atoms with E-state index in [4.69, 9.17) is 4.74 Å². The SMILES string of the molecule is CCOc1cc(CN2CCc3c(cc(Cn4ccnc4C)cc3-c3cc(C)nn3C)C2=O)ncc1C#N. The number of amides is 1. The lowest BCUT2D eigenvalue weighted by atomic mass is 9.89. The molecule has 0 N–H and O–H groups in total. The molecule has 5 rings (SSSR count). The topological polar surface area (TPSA) is 102 Å². The van der Waals surface area contributed by atoms with E-state index < -0.39 is 0 Å². The van der Waals surface area contributed by atoms with Crippen LogP contribution >= 0.6 is 0 Å². The monoisotopic (exact) mass is 495 g/mol. The van der Waals surface area contributed by atoms with E-state index in [-0.39, 0.29) is 5.91 Å². The van der Waals surface area contributed by atoms with E-state index in [0.717, 1.165) is 40.3 Å². The highest BCUT2D eigenvalue weighted by Gasteiger charge is 2.29. The number of aryl methyl sites for hydroxylation is 3. The largest absolute Gasteiger partial charge is 0.492 e. The predicted molar refractivity (Wildman–Crippen MR) is 138 cm³/mol. The zero-order valence-electron chi connectivity index (χ0n) is 21.5. The van der Waals surface area contributed by atoms with Crippen LogP contribution in [0.1, 0.15) is 51.2 Å². The summed E-state index contributed by atoms with van der Waals surface area (Å²) in [7, 11) is 1.94. The van der Waals surface area contributed by atoms with Crippen molar-refractivity contribution >= 4 is 5.91 Å². The number of carbonyl (C=O) groups is 1. The molecular weight excluding hydrogens is 466 g/mol. The van der Waals surface area contributed by atoms with Crippen molar-refractivity contribution < 1.29 is 9.53 Å². The smallest absolute Gasteiger partial charge is 0.254 e. The molecule has 4 heterocycles. The van der Waals surface area contributed by atoms with Gasteiger partial charge in [0, 0.05) is 55.9 Å². The van der Waals surface area contributed by atoms with Crippen molar-refractivity contribution in [2.45, 2.75) is 40.3 Å². The number of hydrogen-bond acceptors (Lipinski definition) is 6. The van der Waals surface area contributed by atoms with Gasteiger partial charge in [-0.25, -0.2) is 4.98 Å². The molecule has 0 saturated carbocycles. The third-order valence-electron chi connectivity index (χ3n) is 6.71. The Labute approximate surface area is 216 Å². The number of rotatable bonds is 7. The molecule has 37 heavy (non-hydrogen) atoms. The Morgan fingerprint density at radius 3 is 2.59 bits per heavy atom. The van der Waals surface area contributed by atoms with E-state index in [2.05, 4.69) is 37.8 Å². The standard InChI is InChI=1S/C28H29N7O2/c1-5-37-27-13-22(31-15-21(27)14-29)17-35-8-6-23-24(26-10-18(2)32-33(26)4)11-20(12-25(23)28(35)36)16-34-9-7-30-19(34)3/h7,9-13,15H,5-6,8,16-17H2,1-4H3. The lowest BCUT2D eigenvalue weighted by Gasteiger charge is -2.30. The Kier molecular flexibility index (Phi) is 6.49. The second-order valence-electron chi connectivity index (χ2n) is 9.26. The Morgan fingerprint density at radius 2 is 1.92 bits per heavy atom. The number of carbonyl (C=O) groups excluding carboxylic acids is 1. The minimum Gasteiger partial charge on any atom is -0.492 e. The number of ether oxygens (including phenoxy) is 1. The van der Waals surface area contributed by atoms with Crippen LogP contribution in [0.3, 0.4) is 0 Å². The molecule has 1 aromatic carbocycles. The minimum absolute atomic E-state index is 0.0327. The molecule has 1 aliphatic rings. The van der Waals surface area contributed by atoms with Gasteiger partial charge in [0.1, 0.15) is 23.2 Å². The number of nitrogens with zero attached hydrogens (tertiary/aromatic N) is 7. The van der Waals surface area contributed by atoms with Gasteiger partial charge < -0.3 is 14.2 Å². The number of nitriles is 1. The molecule has 1 amide bonds. The third kappa shape index (κ3) is 4.70. The van der Waals surface area contributed by atoms with Gasteiger partial charge in [0.05, 0.1) is 30.2 Å². The highest BCUT2D eigenvalue weighted by atomic mass is 16.5. The zero-order valence-corrected chi connectivity index (χ0v) is 21.5. The van der Waals surface area contributed by atoms with Crippen molar-refractivity contribution in [3.63, 3.8) is 0 Å². The first-order valence-electron chi connectivity index (χ1n) is 12.3. The van der Waals surface area contributed by atoms with Gasteiger partial charge in [-0.15, -0.1) is 0 Å². The Balaban J connectivity index is 1.53. The average molecular weight is 496 g/mol. The summed E-state index contributed by atoms with van der Waals surface area (Å²) in [6, 6.07) is 10.1. The summed E-state index contributed by atoms with van der Waals surface area (Å²) in [4.78, 5) is 24.4. The molecule has 4 aromatic rings. The molecule has 0 unspecified atom stereocenters. The first-order valence-corrected chi connectivity index (χ1v) is 12.3. The van der Waals surface area contributed by atoms with E-state index >= 15 is 0 Å². The normalized spacial score (nSPS) is 12.9. The van der Waals surface area contributed by atoms with E-state index in [0.29, 0.717) is 48.8 Å². The van der Waals surface area contributed by atoms with E-state index in [1.54, 1.807) is 12.3 Å². The summed E-state index contributed by atoms with van der Waals surface area (Å²) in [6.07, 6.45) is 5.97. The molecule has 0 spiro atoms. The van der Waals surface area contributed by atoms with Crippen molar-refractivity contribution in [2.75, 3.05) is 13.2 Å². The highest BCUT2D eigenvalue weighted by molar-refractivity contribution is 5.99. The van der Waals surface area contributed by atoms with Crippen molar-refractivity contribution in [3.8, 4) is 23.1 Å². The second-order valence-corrected chi connectivity index (χ2v) is 9.26. The number of benzene rings is 1. The van der Waals surface area contributed by atoms with Crippen LogP contribution in [0.25, 0.3) is 11.3 Å². The summed E-state index contributed by atoms with van der Waals surface area (Å²) < 4.78 is 9.56. The van der Waals surface area contributed by atoms with Crippen LogP contribution in [0.4, 0.5) is 0 Å². The Hall–Kier alpha value is -4.45. The van der Waals surface area contributed by atoms with Gasteiger partial charge >= 0.3 is 0 Å². The van der Waals surface area contributed by atoms with Crippen LogP contribution in [0, 0.1) is 25.2 Å². The summed E-state index contributed by atoms with van der Waals surface area (Å²) in [5.41, 5.74) is 6.81. The molecule has 9 nitrogen and oxygen atoms in total. The number of imidazole rings is 1. The fraction of sp³-hybridized carbons (Fsp3) is 0.321. The molecule has 0 atom stereocenters. The third-order valence-corrected chi connectivity index (χ3v) is 6.71. The number of aromatic nitrogens is 5. The molecule has 1 aliphatic heterocycles. The van der Waals surface area contributed by atoms with E-state index in [9.17, 15) is 10.1 Å². The minimum atomic E-state index is -0.0327. The lowest BCUT2D eigenvalue weighted by Crippen LogP contribution is -2.37. The van der Waals surface area contributed by atoms with Crippen LogP contribution in [0.2, 0.25) is 0 Å². The van der Waals surface area contributed by atoms with Crippen molar-refractivity contribution in [3.05, 3.63) is 82.3 Å². The molecule has 0 aliphatic carbocycles. The maximum atomic E-state index is 13.8. The quantitative estimate of drug-likeness (QED) is 0.386. The molecule has 188 valence electrons. The summed E-state index contributed by atoms with van der Waals surface area (Å²) in [5.74, 6) is 1.38. The molecular formula is C28H29N7O2. The van der Waals surface area contributed by atoms with Gasteiger partial charge in [0.25, 0.3) is 5.91 Å².